The maximum absolute atomic E-state index is 14.5. The highest BCUT2D eigenvalue weighted by Crippen LogP contribution is 2.28. The number of nitrogens with one attached hydrogen (secondary N) is 2. The molecule has 0 saturated heterocycles. The van der Waals surface area contributed by atoms with E-state index in [0.717, 1.165) is 5.56 Å². The zero-order valence-corrected chi connectivity index (χ0v) is 18.7. The first-order valence-corrected chi connectivity index (χ1v) is 10.4. The predicted molar refractivity (Wildman–Crippen MR) is 117 cm³/mol. The Morgan fingerprint density at radius 2 is 1.97 bits per heavy atom. The van der Waals surface area contributed by atoms with E-state index in [2.05, 4.69) is 10.6 Å². The molecule has 31 heavy (non-hydrogen) atoms. The summed E-state index contributed by atoms with van der Waals surface area (Å²) in [6.45, 7) is 8.50. The van der Waals surface area contributed by atoms with E-state index in [1.54, 1.807) is 13.1 Å². The second-order valence-corrected chi connectivity index (χ2v) is 8.58. The fourth-order valence-electron chi connectivity index (χ4n) is 3.42. The number of aromatic nitrogens is 1. The molecule has 1 amide bonds. The van der Waals surface area contributed by atoms with E-state index in [-0.39, 0.29) is 28.6 Å². The highest BCUT2D eigenvalue weighted by atomic mass is 19.1. The quantitative estimate of drug-likeness (QED) is 0.658. The van der Waals surface area contributed by atoms with Gasteiger partial charge in [0, 0.05) is 19.5 Å². The molecular formula is C23H30FN3O4. The monoisotopic (exact) mass is 431 g/mol. The number of anilines is 2. The van der Waals surface area contributed by atoms with E-state index in [0.29, 0.717) is 37.2 Å². The Bertz CT molecular complexity index is 1030. The van der Waals surface area contributed by atoms with Crippen molar-refractivity contribution in [1.82, 2.24) is 9.88 Å². The maximum atomic E-state index is 14.5. The van der Waals surface area contributed by atoms with Crippen molar-refractivity contribution in [3.05, 3.63) is 57.1 Å². The third kappa shape index (κ3) is 5.51. The number of nitrogens with zero attached hydrogens (tertiary/aromatic N) is 1. The molecule has 1 aromatic carbocycles. The van der Waals surface area contributed by atoms with Crippen LogP contribution in [0.5, 0.6) is 0 Å². The summed E-state index contributed by atoms with van der Waals surface area (Å²) in [6.07, 6.45) is 0.476. The normalized spacial score (nSPS) is 16.1. The molecule has 1 aromatic heterocycles. The molecule has 2 heterocycles. The third-order valence-corrected chi connectivity index (χ3v) is 5.08. The zero-order chi connectivity index (χ0) is 22.8. The summed E-state index contributed by atoms with van der Waals surface area (Å²) in [7, 11) is 1.54. The molecule has 7 nitrogen and oxygen atoms in total. The molecule has 0 bridgehead atoms. The Kier molecular flexibility index (Phi) is 6.81. The minimum absolute atomic E-state index is 0.200. The first-order valence-electron chi connectivity index (χ1n) is 10.4. The van der Waals surface area contributed by atoms with Gasteiger partial charge in [0.05, 0.1) is 30.1 Å². The number of amides is 1. The molecule has 8 heteroatoms. The zero-order valence-electron chi connectivity index (χ0n) is 18.7. The molecule has 0 fully saturated rings. The largest absolute Gasteiger partial charge is 0.373 e. The van der Waals surface area contributed by atoms with Gasteiger partial charge >= 0.3 is 0 Å². The second-order valence-electron chi connectivity index (χ2n) is 8.58. The van der Waals surface area contributed by atoms with Crippen molar-refractivity contribution in [3.63, 3.8) is 0 Å². The van der Waals surface area contributed by atoms with Crippen LogP contribution in [0.3, 0.4) is 0 Å². The van der Waals surface area contributed by atoms with Gasteiger partial charge in [-0.15, -0.1) is 0 Å². The number of pyridine rings is 1. The molecule has 0 saturated carbocycles. The minimum atomic E-state index is -0.566. The van der Waals surface area contributed by atoms with Gasteiger partial charge in [0.15, 0.2) is 0 Å². The molecule has 3 rings (SSSR count). The number of carbonyl (C=O) groups excluding carboxylic acids is 1. The van der Waals surface area contributed by atoms with Crippen molar-refractivity contribution in [1.29, 1.82) is 0 Å². The van der Waals surface area contributed by atoms with E-state index in [4.69, 9.17) is 9.47 Å². The smallest absolute Gasteiger partial charge is 0.257 e. The SMILES string of the molecule is CCc1ccc(Nc2c3c(cc(=O)n2C)CC(OCCOC(C)(C)C)NC3=O)c(F)c1. The lowest BCUT2D eigenvalue weighted by Gasteiger charge is -2.28. The fourth-order valence-corrected chi connectivity index (χ4v) is 3.42. The van der Waals surface area contributed by atoms with Gasteiger partial charge in [0.2, 0.25) is 0 Å². The summed E-state index contributed by atoms with van der Waals surface area (Å²) in [6, 6.07) is 6.29. The summed E-state index contributed by atoms with van der Waals surface area (Å²) < 4.78 is 27.2. The van der Waals surface area contributed by atoms with Gasteiger partial charge in [-0.05, 0) is 50.5 Å². The van der Waals surface area contributed by atoms with E-state index < -0.39 is 12.0 Å². The molecule has 0 radical (unpaired) electrons. The van der Waals surface area contributed by atoms with Crippen LogP contribution in [0.2, 0.25) is 0 Å². The van der Waals surface area contributed by atoms with Crippen molar-refractivity contribution >= 4 is 17.4 Å². The molecule has 2 N–H and O–H groups in total. The first-order chi connectivity index (χ1) is 14.6. The average Bonchev–Trinajstić information content (AvgIpc) is 2.69. The molecular weight excluding hydrogens is 401 g/mol. The van der Waals surface area contributed by atoms with Gasteiger partial charge in [-0.25, -0.2) is 4.39 Å². The van der Waals surface area contributed by atoms with Crippen molar-refractivity contribution in [2.24, 2.45) is 7.05 Å². The molecule has 0 aliphatic carbocycles. The molecule has 1 unspecified atom stereocenters. The van der Waals surface area contributed by atoms with Gasteiger partial charge < -0.3 is 20.1 Å². The van der Waals surface area contributed by atoms with Crippen LogP contribution in [-0.4, -0.2) is 35.5 Å². The van der Waals surface area contributed by atoms with Gasteiger partial charge in [0.1, 0.15) is 17.9 Å². The Hall–Kier alpha value is -2.71. The molecule has 0 spiro atoms. The van der Waals surface area contributed by atoms with Crippen LogP contribution in [0.15, 0.2) is 29.1 Å². The number of halogens is 1. The van der Waals surface area contributed by atoms with Crippen molar-refractivity contribution < 1.29 is 18.7 Å². The third-order valence-electron chi connectivity index (χ3n) is 5.08. The number of hydrogen-bond donors (Lipinski definition) is 2. The first kappa shape index (κ1) is 23.0. The van der Waals surface area contributed by atoms with Crippen molar-refractivity contribution in [2.75, 3.05) is 18.5 Å². The maximum Gasteiger partial charge on any atom is 0.257 e. The molecule has 1 aliphatic rings. The highest BCUT2D eigenvalue weighted by molar-refractivity contribution is 6.02. The van der Waals surface area contributed by atoms with Crippen LogP contribution in [0.25, 0.3) is 0 Å². The van der Waals surface area contributed by atoms with Gasteiger partial charge in [-0.2, -0.15) is 0 Å². The molecule has 2 aromatic rings. The van der Waals surface area contributed by atoms with Crippen LogP contribution in [0.1, 0.15) is 49.2 Å². The summed E-state index contributed by atoms with van der Waals surface area (Å²) in [5, 5.41) is 5.75. The van der Waals surface area contributed by atoms with Crippen LogP contribution in [0, 0.1) is 5.82 Å². The fraction of sp³-hybridized carbons (Fsp3) is 0.478. The van der Waals surface area contributed by atoms with Gasteiger partial charge in [-0.3, -0.25) is 14.2 Å². The van der Waals surface area contributed by atoms with Crippen LogP contribution >= 0.6 is 0 Å². The molecule has 1 aliphatic heterocycles. The van der Waals surface area contributed by atoms with Crippen molar-refractivity contribution in [3.8, 4) is 0 Å². The lowest BCUT2D eigenvalue weighted by Crippen LogP contribution is -2.45. The van der Waals surface area contributed by atoms with Crippen LogP contribution in [0.4, 0.5) is 15.9 Å². The van der Waals surface area contributed by atoms with E-state index >= 15 is 0 Å². The van der Waals surface area contributed by atoms with E-state index in [9.17, 15) is 14.0 Å². The Morgan fingerprint density at radius 1 is 1.23 bits per heavy atom. The Morgan fingerprint density at radius 3 is 2.61 bits per heavy atom. The topological polar surface area (TPSA) is 81.6 Å². The second kappa shape index (κ2) is 9.20. The summed E-state index contributed by atoms with van der Waals surface area (Å²) >= 11 is 0. The van der Waals surface area contributed by atoms with E-state index in [1.165, 1.54) is 16.7 Å². The number of aryl methyl sites for hydroxylation is 1. The lowest BCUT2D eigenvalue weighted by molar-refractivity contribution is -0.0569. The van der Waals surface area contributed by atoms with Crippen molar-refractivity contribution in [2.45, 2.75) is 52.4 Å². The van der Waals surface area contributed by atoms with Gasteiger partial charge in [0.25, 0.3) is 11.5 Å². The Labute approximate surface area is 181 Å². The predicted octanol–water partition coefficient (Wildman–Crippen LogP) is 3.27. The van der Waals surface area contributed by atoms with Crippen LogP contribution < -0.4 is 16.2 Å². The summed E-state index contributed by atoms with van der Waals surface area (Å²) in [5.41, 5.74) is 1.36. The number of benzene rings is 1. The number of hydrogen-bond acceptors (Lipinski definition) is 5. The lowest BCUT2D eigenvalue weighted by atomic mass is 10.00. The standard InChI is InChI=1S/C23H30FN3O4/c1-6-14-7-8-17(16(24)11-14)25-21-20-15(13-19(28)27(21)5)12-18(26-22(20)29)30-9-10-31-23(2,3)4/h7-8,11,13,18,25H,6,9-10,12H2,1-5H3,(H,26,29). The van der Waals surface area contributed by atoms with Crippen LogP contribution in [-0.2, 0) is 29.4 Å². The number of ether oxygens (including phenoxy) is 2. The van der Waals surface area contributed by atoms with E-state index in [1.807, 2.05) is 33.8 Å². The summed E-state index contributed by atoms with van der Waals surface area (Å²) in [4.78, 5) is 25.4. The number of rotatable bonds is 7. The molecule has 168 valence electrons. The average molecular weight is 432 g/mol. The number of carbonyl (C=O) groups is 1. The summed E-state index contributed by atoms with van der Waals surface area (Å²) in [5.74, 6) is -0.579. The minimum Gasteiger partial charge on any atom is -0.373 e. The highest BCUT2D eigenvalue weighted by Gasteiger charge is 2.30. The Balaban J connectivity index is 1.83. The number of fused-ring (bicyclic) bond motifs is 1. The molecule has 1 atom stereocenters. The van der Waals surface area contributed by atoms with Gasteiger partial charge in [-0.1, -0.05) is 13.0 Å².